The van der Waals surface area contributed by atoms with E-state index in [2.05, 4.69) is 30.8 Å². The predicted octanol–water partition coefficient (Wildman–Crippen LogP) is 5.92. The topological polar surface area (TPSA) is 46.2 Å². The first-order valence-corrected chi connectivity index (χ1v) is 13.4. The average molecular weight is 505 g/mol. The number of benzene rings is 3. The summed E-state index contributed by atoms with van der Waals surface area (Å²) in [6.07, 6.45) is 0.123. The Kier molecular flexibility index (Phi) is 8.88. The van der Waals surface area contributed by atoms with Gasteiger partial charge in [-0.2, -0.15) is 0 Å². The molecular weight excluding hydrogens is 472 g/mol. The molecule has 5 rings (SSSR count). The van der Waals surface area contributed by atoms with Gasteiger partial charge in [-0.15, -0.1) is 18.3 Å². The minimum absolute atomic E-state index is 0.241. The second-order valence-electron chi connectivity index (χ2n) is 8.86. The zero-order valence-electron chi connectivity index (χ0n) is 20.2. The lowest BCUT2D eigenvalue weighted by Crippen LogP contribution is -2.62. The maximum absolute atomic E-state index is 6.61. The van der Waals surface area contributed by atoms with Gasteiger partial charge >= 0.3 is 0 Å². The molecule has 2 aliphatic rings. The third-order valence-corrected chi connectivity index (χ3v) is 7.44. The fourth-order valence-electron chi connectivity index (χ4n) is 4.52. The first-order valence-electron chi connectivity index (χ1n) is 12.3. The predicted molar refractivity (Wildman–Crippen MR) is 141 cm³/mol. The molecule has 3 aromatic carbocycles. The summed E-state index contributed by atoms with van der Waals surface area (Å²) in [7, 11) is 0. The van der Waals surface area contributed by atoms with Gasteiger partial charge in [-0.3, -0.25) is 0 Å². The minimum atomic E-state index is -0.481. The molecule has 0 aromatic heterocycles. The zero-order chi connectivity index (χ0) is 24.6. The monoisotopic (exact) mass is 504 g/mol. The number of thioether (sulfide) groups is 1. The van der Waals surface area contributed by atoms with E-state index in [0.717, 1.165) is 22.4 Å². The van der Waals surface area contributed by atoms with Gasteiger partial charge in [0, 0.05) is 11.3 Å². The van der Waals surface area contributed by atoms with Crippen LogP contribution >= 0.6 is 11.8 Å². The van der Waals surface area contributed by atoms with Gasteiger partial charge in [0.1, 0.15) is 29.9 Å². The molecule has 1 unspecified atom stereocenters. The van der Waals surface area contributed by atoms with E-state index in [1.54, 1.807) is 11.8 Å². The van der Waals surface area contributed by atoms with Gasteiger partial charge in [-0.25, -0.2) is 0 Å². The Morgan fingerprint density at radius 3 is 1.97 bits per heavy atom. The van der Waals surface area contributed by atoms with E-state index in [-0.39, 0.29) is 29.9 Å². The molecule has 36 heavy (non-hydrogen) atoms. The van der Waals surface area contributed by atoms with Crippen molar-refractivity contribution in [2.45, 2.75) is 49.4 Å². The highest BCUT2D eigenvalue weighted by Crippen LogP contribution is 2.39. The van der Waals surface area contributed by atoms with Crippen molar-refractivity contribution in [2.75, 3.05) is 12.4 Å². The van der Waals surface area contributed by atoms with Gasteiger partial charge in [0.25, 0.3) is 0 Å². The lowest BCUT2D eigenvalue weighted by molar-refractivity contribution is -0.329. The Bertz CT molecular complexity index is 1060. The zero-order valence-corrected chi connectivity index (χ0v) is 21.0. The number of rotatable bonds is 10. The van der Waals surface area contributed by atoms with Crippen molar-refractivity contribution in [3.63, 3.8) is 0 Å². The minimum Gasteiger partial charge on any atom is -0.368 e. The van der Waals surface area contributed by atoms with Gasteiger partial charge in [0.05, 0.1) is 19.8 Å². The van der Waals surface area contributed by atoms with Crippen LogP contribution in [0, 0.1) is 0 Å². The van der Waals surface area contributed by atoms with Gasteiger partial charge in [-0.1, -0.05) is 97.1 Å². The Hall–Kier alpha value is -2.45. The summed E-state index contributed by atoms with van der Waals surface area (Å²) in [5.74, 6) is 0.743. The van der Waals surface area contributed by atoms with Crippen molar-refractivity contribution >= 4 is 11.8 Å². The standard InChI is InChI=1S/C30H32O5S/c1-2-18-36-30-28(32-20-23-14-8-4-9-15-23)27(31-19-22-12-6-3-7-13-22)26-25(34-30)21-33-29(35-26)24-16-10-5-11-17-24/h2-17,25-30H,1,18-21H2/t25-,26-,27+,28+,29?,30-/m1/s1. The molecule has 6 heteroatoms. The number of ether oxygens (including phenoxy) is 5. The van der Waals surface area contributed by atoms with Gasteiger partial charge < -0.3 is 23.7 Å². The summed E-state index contributed by atoms with van der Waals surface area (Å²) in [6.45, 7) is 5.23. The first-order chi connectivity index (χ1) is 17.8. The van der Waals surface area contributed by atoms with E-state index in [4.69, 9.17) is 23.7 Å². The molecule has 6 atom stereocenters. The second-order valence-corrected chi connectivity index (χ2v) is 10.00. The van der Waals surface area contributed by atoms with E-state index >= 15 is 0 Å². The smallest absolute Gasteiger partial charge is 0.184 e. The average Bonchev–Trinajstić information content (AvgIpc) is 2.95. The molecule has 3 aromatic rings. The van der Waals surface area contributed by atoms with Crippen molar-refractivity contribution in [3.8, 4) is 0 Å². The Morgan fingerprint density at radius 1 is 0.778 bits per heavy atom. The largest absolute Gasteiger partial charge is 0.368 e. The summed E-state index contributed by atoms with van der Waals surface area (Å²) in [5.41, 5.74) is 2.94. The van der Waals surface area contributed by atoms with Gasteiger partial charge in [0.15, 0.2) is 6.29 Å². The van der Waals surface area contributed by atoms with Gasteiger partial charge in [-0.05, 0) is 11.1 Å². The molecule has 5 nitrogen and oxygen atoms in total. The summed E-state index contributed by atoms with van der Waals surface area (Å²) in [5, 5.41) is 0. The Balaban J connectivity index is 1.40. The van der Waals surface area contributed by atoms with Crippen LogP contribution in [0.3, 0.4) is 0 Å². The molecule has 0 radical (unpaired) electrons. The van der Waals surface area contributed by atoms with Crippen LogP contribution in [0.2, 0.25) is 0 Å². The molecular formula is C30H32O5S. The molecule has 2 heterocycles. The summed E-state index contributed by atoms with van der Waals surface area (Å²) < 4.78 is 32.3. The number of hydrogen-bond donors (Lipinski definition) is 0. The van der Waals surface area contributed by atoms with E-state index in [9.17, 15) is 0 Å². The molecule has 0 aliphatic carbocycles. The van der Waals surface area contributed by atoms with E-state index in [1.165, 1.54) is 0 Å². The molecule has 0 amide bonds. The molecule has 0 N–H and O–H groups in total. The summed E-state index contributed by atoms with van der Waals surface area (Å²) in [6, 6.07) is 30.4. The van der Waals surface area contributed by atoms with E-state index in [1.807, 2.05) is 72.8 Å². The molecule has 0 saturated carbocycles. The normalized spacial score (nSPS) is 27.8. The number of fused-ring (bicyclic) bond motifs is 1. The van der Waals surface area contributed by atoms with Gasteiger partial charge in [0.2, 0.25) is 0 Å². The molecule has 2 aliphatic heterocycles. The van der Waals surface area contributed by atoms with E-state index < -0.39 is 6.29 Å². The third-order valence-electron chi connectivity index (χ3n) is 6.30. The van der Waals surface area contributed by atoms with Crippen LogP contribution < -0.4 is 0 Å². The summed E-state index contributed by atoms with van der Waals surface area (Å²) >= 11 is 1.66. The van der Waals surface area contributed by atoms with Crippen LogP contribution in [0.25, 0.3) is 0 Å². The SMILES string of the molecule is C=CCS[C@H]1O[C@@H]2COC(c3ccccc3)O[C@H]2[C@H](OCc2ccccc2)[C@@H]1OCc1ccccc1. The first kappa shape index (κ1) is 25.2. The molecule has 2 fully saturated rings. The Labute approximate surface area is 217 Å². The van der Waals surface area contributed by atoms with Crippen LogP contribution in [0.4, 0.5) is 0 Å². The molecule has 188 valence electrons. The van der Waals surface area contributed by atoms with Crippen molar-refractivity contribution in [3.05, 3.63) is 120 Å². The highest BCUT2D eigenvalue weighted by Gasteiger charge is 2.51. The van der Waals surface area contributed by atoms with Crippen molar-refractivity contribution < 1.29 is 23.7 Å². The highest BCUT2D eigenvalue weighted by molar-refractivity contribution is 7.99. The quantitative estimate of drug-likeness (QED) is 0.320. The second kappa shape index (κ2) is 12.7. The number of hydrogen-bond acceptors (Lipinski definition) is 6. The maximum Gasteiger partial charge on any atom is 0.184 e. The fourth-order valence-corrected chi connectivity index (χ4v) is 5.49. The highest BCUT2D eigenvalue weighted by atomic mass is 32.2. The lowest BCUT2D eigenvalue weighted by Gasteiger charge is -2.49. The van der Waals surface area contributed by atoms with Crippen LogP contribution in [0.5, 0.6) is 0 Å². The molecule has 0 bridgehead atoms. The fraction of sp³-hybridized carbons (Fsp3) is 0.333. The van der Waals surface area contributed by atoms with E-state index in [0.29, 0.717) is 19.8 Å². The third kappa shape index (κ3) is 6.27. The van der Waals surface area contributed by atoms with Crippen LogP contribution in [-0.4, -0.2) is 42.2 Å². The lowest BCUT2D eigenvalue weighted by atomic mass is 9.98. The Morgan fingerprint density at radius 2 is 1.36 bits per heavy atom. The maximum atomic E-state index is 6.61. The molecule has 0 spiro atoms. The van der Waals surface area contributed by atoms with Crippen LogP contribution in [0.1, 0.15) is 23.0 Å². The van der Waals surface area contributed by atoms with Crippen molar-refractivity contribution in [1.29, 1.82) is 0 Å². The molecule has 2 saturated heterocycles. The van der Waals surface area contributed by atoms with Crippen molar-refractivity contribution in [2.24, 2.45) is 0 Å². The van der Waals surface area contributed by atoms with Crippen molar-refractivity contribution in [1.82, 2.24) is 0 Å². The van der Waals surface area contributed by atoms with Crippen LogP contribution in [0.15, 0.2) is 104 Å². The van der Waals surface area contributed by atoms with Crippen LogP contribution in [-0.2, 0) is 36.9 Å². The summed E-state index contributed by atoms with van der Waals surface area (Å²) in [4.78, 5) is 0.